The first kappa shape index (κ1) is 17.6. The molecule has 0 amide bonds. The average Bonchev–Trinajstić information content (AvgIpc) is 2.56. The second kappa shape index (κ2) is 8.18. The number of para-hydroxylation sites is 1. The van der Waals surface area contributed by atoms with Gasteiger partial charge in [-0.3, -0.25) is 0 Å². The topological polar surface area (TPSA) is 30.5 Å². The van der Waals surface area contributed by atoms with Gasteiger partial charge in [0.05, 0.1) is 17.8 Å². The first-order valence-corrected chi connectivity index (χ1v) is 8.18. The van der Waals surface area contributed by atoms with Crippen LogP contribution in [0.1, 0.15) is 23.6 Å². The highest BCUT2D eigenvalue weighted by atomic mass is 35.5. The smallest absolute Gasteiger partial charge is 0.260 e. The van der Waals surface area contributed by atoms with Crippen LogP contribution in [-0.2, 0) is 17.8 Å². The standard InChI is InChI=1S/C18H20ClNO2S/c1-4-13-8-9-16(12(2)10-13)22-11-14-6-5-7-15(19)17(14)20-18(23)21-3/h5-10H,4,11H2,1-3H3,(H,20,23). The molecule has 0 saturated heterocycles. The van der Waals surface area contributed by atoms with E-state index in [4.69, 9.17) is 33.3 Å². The van der Waals surface area contributed by atoms with Gasteiger partial charge in [0, 0.05) is 5.56 Å². The van der Waals surface area contributed by atoms with Gasteiger partial charge in [0.1, 0.15) is 12.4 Å². The number of benzene rings is 2. The van der Waals surface area contributed by atoms with Gasteiger partial charge >= 0.3 is 0 Å². The minimum Gasteiger partial charge on any atom is -0.489 e. The van der Waals surface area contributed by atoms with Gasteiger partial charge in [-0.1, -0.05) is 42.8 Å². The Morgan fingerprint density at radius 2 is 2.04 bits per heavy atom. The van der Waals surface area contributed by atoms with Crippen molar-refractivity contribution in [3.8, 4) is 5.75 Å². The average molecular weight is 350 g/mol. The number of ether oxygens (including phenoxy) is 2. The molecule has 0 aromatic heterocycles. The Morgan fingerprint density at radius 1 is 1.26 bits per heavy atom. The lowest BCUT2D eigenvalue weighted by Gasteiger charge is -2.15. The highest BCUT2D eigenvalue weighted by Crippen LogP contribution is 2.28. The third-order valence-electron chi connectivity index (χ3n) is 3.54. The molecule has 2 aromatic rings. The van der Waals surface area contributed by atoms with Gasteiger partial charge in [-0.15, -0.1) is 0 Å². The van der Waals surface area contributed by atoms with E-state index in [1.165, 1.54) is 12.7 Å². The van der Waals surface area contributed by atoms with Crippen molar-refractivity contribution in [2.75, 3.05) is 12.4 Å². The SMILES string of the molecule is CCc1ccc(OCc2cccc(Cl)c2NC(=S)OC)c(C)c1. The van der Waals surface area contributed by atoms with Crippen LogP contribution < -0.4 is 10.1 Å². The molecular formula is C18H20ClNO2S. The summed E-state index contributed by atoms with van der Waals surface area (Å²) in [7, 11) is 1.51. The van der Waals surface area contributed by atoms with Crippen molar-refractivity contribution in [3.63, 3.8) is 0 Å². The molecular weight excluding hydrogens is 330 g/mol. The summed E-state index contributed by atoms with van der Waals surface area (Å²) < 4.78 is 10.9. The molecule has 0 radical (unpaired) electrons. The van der Waals surface area contributed by atoms with Crippen molar-refractivity contribution in [2.45, 2.75) is 26.9 Å². The summed E-state index contributed by atoms with van der Waals surface area (Å²) >= 11 is 11.3. The predicted octanol–water partition coefficient (Wildman–Crippen LogP) is 5.13. The minimum atomic E-state index is 0.267. The minimum absolute atomic E-state index is 0.267. The molecule has 23 heavy (non-hydrogen) atoms. The molecule has 0 bridgehead atoms. The fourth-order valence-electron chi connectivity index (χ4n) is 2.23. The molecule has 0 aliphatic carbocycles. The zero-order valence-electron chi connectivity index (χ0n) is 13.5. The summed E-state index contributed by atoms with van der Waals surface area (Å²) in [5.74, 6) is 0.863. The van der Waals surface area contributed by atoms with Crippen LogP contribution in [0.25, 0.3) is 0 Å². The van der Waals surface area contributed by atoms with E-state index in [9.17, 15) is 0 Å². The number of methoxy groups -OCH3 is 1. The fraction of sp³-hybridized carbons (Fsp3) is 0.278. The summed E-state index contributed by atoms with van der Waals surface area (Å²) in [6.07, 6.45) is 1.01. The Kier molecular flexibility index (Phi) is 6.25. The fourth-order valence-corrected chi connectivity index (χ4v) is 2.57. The largest absolute Gasteiger partial charge is 0.489 e. The Hall–Kier alpha value is -1.78. The number of nitrogens with one attached hydrogen (secondary N) is 1. The van der Waals surface area contributed by atoms with Crippen LogP contribution in [0.4, 0.5) is 5.69 Å². The van der Waals surface area contributed by atoms with Crippen LogP contribution in [0.2, 0.25) is 5.02 Å². The van der Waals surface area contributed by atoms with Crippen molar-refractivity contribution in [1.82, 2.24) is 0 Å². The molecule has 0 aliphatic rings. The van der Waals surface area contributed by atoms with Crippen LogP contribution in [0.5, 0.6) is 5.75 Å². The maximum atomic E-state index is 6.25. The van der Waals surface area contributed by atoms with Crippen molar-refractivity contribution < 1.29 is 9.47 Å². The highest BCUT2D eigenvalue weighted by molar-refractivity contribution is 7.80. The molecule has 0 saturated carbocycles. The Balaban J connectivity index is 2.17. The van der Waals surface area contributed by atoms with E-state index in [-0.39, 0.29) is 5.17 Å². The van der Waals surface area contributed by atoms with E-state index in [0.717, 1.165) is 23.3 Å². The molecule has 122 valence electrons. The summed E-state index contributed by atoms with van der Waals surface area (Å²) in [6.45, 7) is 4.57. The number of thiocarbonyl (C=S) groups is 1. The molecule has 0 spiro atoms. The summed E-state index contributed by atoms with van der Waals surface area (Å²) in [4.78, 5) is 0. The lowest BCUT2D eigenvalue weighted by atomic mass is 10.1. The lowest BCUT2D eigenvalue weighted by Crippen LogP contribution is -2.13. The second-order valence-electron chi connectivity index (χ2n) is 5.13. The molecule has 2 rings (SSSR count). The maximum Gasteiger partial charge on any atom is 0.260 e. The Morgan fingerprint density at radius 3 is 2.70 bits per heavy atom. The van der Waals surface area contributed by atoms with Gasteiger partial charge in [0.2, 0.25) is 0 Å². The molecule has 0 unspecified atom stereocenters. The zero-order valence-corrected chi connectivity index (χ0v) is 15.1. The van der Waals surface area contributed by atoms with E-state index < -0.39 is 0 Å². The van der Waals surface area contributed by atoms with E-state index in [1.807, 2.05) is 25.1 Å². The summed E-state index contributed by atoms with van der Waals surface area (Å²) in [5.41, 5.74) is 4.04. The third-order valence-corrected chi connectivity index (χ3v) is 4.13. The van der Waals surface area contributed by atoms with Gasteiger partial charge in [0.25, 0.3) is 5.17 Å². The molecule has 0 aliphatic heterocycles. The first-order chi connectivity index (χ1) is 11.0. The van der Waals surface area contributed by atoms with Gasteiger partial charge < -0.3 is 14.8 Å². The van der Waals surface area contributed by atoms with Gasteiger partial charge in [-0.2, -0.15) is 0 Å². The van der Waals surface area contributed by atoms with Crippen LogP contribution in [-0.4, -0.2) is 12.3 Å². The quantitative estimate of drug-likeness (QED) is 0.758. The van der Waals surface area contributed by atoms with Gasteiger partial charge in [-0.05, 0) is 48.8 Å². The molecule has 2 aromatic carbocycles. The van der Waals surface area contributed by atoms with Crippen molar-refractivity contribution in [2.24, 2.45) is 0 Å². The van der Waals surface area contributed by atoms with Crippen molar-refractivity contribution in [1.29, 1.82) is 0 Å². The van der Waals surface area contributed by atoms with Gasteiger partial charge in [-0.25, -0.2) is 0 Å². The van der Waals surface area contributed by atoms with Crippen LogP contribution in [0.3, 0.4) is 0 Å². The molecule has 1 N–H and O–H groups in total. The molecule has 0 atom stereocenters. The normalized spacial score (nSPS) is 10.3. The van der Waals surface area contributed by atoms with Crippen molar-refractivity contribution >= 4 is 34.7 Å². The molecule has 0 heterocycles. The number of aryl methyl sites for hydroxylation is 2. The van der Waals surface area contributed by atoms with E-state index in [2.05, 4.69) is 24.4 Å². The Bertz CT molecular complexity index is 703. The first-order valence-electron chi connectivity index (χ1n) is 7.39. The summed E-state index contributed by atoms with van der Waals surface area (Å²) in [6, 6.07) is 11.9. The zero-order chi connectivity index (χ0) is 16.8. The number of hydrogen-bond acceptors (Lipinski definition) is 3. The van der Waals surface area contributed by atoms with Crippen LogP contribution in [0, 0.1) is 6.92 Å². The number of rotatable bonds is 5. The van der Waals surface area contributed by atoms with Gasteiger partial charge in [0.15, 0.2) is 0 Å². The number of hydrogen-bond donors (Lipinski definition) is 1. The number of anilines is 1. The lowest BCUT2D eigenvalue weighted by molar-refractivity contribution is 0.304. The van der Waals surface area contributed by atoms with E-state index >= 15 is 0 Å². The third kappa shape index (κ3) is 4.60. The molecule has 0 fully saturated rings. The molecule has 3 nitrogen and oxygen atoms in total. The summed E-state index contributed by atoms with van der Waals surface area (Å²) in [5, 5.41) is 3.83. The maximum absolute atomic E-state index is 6.25. The van der Waals surface area contributed by atoms with Crippen molar-refractivity contribution in [3.05, 3.63) is 58.1 Å². The number of halogens is 1. The van der Waals surface area contributed by atoms with Crippen LogP contribution in [0.15, 0.2) is 36.4 Å². The highest BCUT2D eigenvalue weighted by Gasteiger charge is 2.10. The molecule has 5 heteroatoms. The van der Waals surface area contributed by atoms with E-state index in [1.54, 1.807) is 6.07 Å². The van der Waals surface area contributed by atoms with E-state index in [0.29, 0.717) is 17.3 Å². The van der Waals surface area contributed by atoms with Crippen LogP contribution >= 0.6 is 23.8 Å². The predicted molar refractivity (Wildman–Crippen MR) is 99.6 cm³/mol. The second-order valence-corrected chi connectivity index (χ2v) is 5.91. The monoisotopic (exact) mass is 349 g/mol. The Labute approximate surface area is 147 Å².